The summed E-state index contributed by atoms with van der Waals surface area (Å²) in [5.41, 5.74) is 5.10. The molecular weight excluding hydrogens is 252 g/mol. The zero-order chi connectivity index (χ0) is 13.3. The molecule has 0 saturated heterocycles. The second-order valence-electron chi connectivity index (χ2n) is 3.64. The van der Waals surface area contributed by atoms with Crippen molar-refractivity contribution in [1.29, 1.82) is 0 Å². The van der Waals surface area contributed by atoms with Crippen molar-refractivity contribution in [3.05, 3.63) is 40.2 Å². The van der Waals surface area contributed by atoms with Gasteiger partial charge in [-0.15, -0.1) is 0 Å². The van der Waals surface area contributed by atoms with Crippen LogP contribution in [0.2, 0.25) is 0 Å². The van der Waals surface area contributed by atoms with Crippen molar-refractivity contribution in [2.45, 2.75) is 6.92 Å². The van der Waals surface area contributed by atoms with E-state index in [1.807, 2.05) is 0 Å². The highest BCUT2D eigenvalue weighted by molar-refractivity contribution is 7.80. The lowest BCUT2D eigenvalue weighted by Crippen LogP contribution is -2.16. The fourth-order valence-electron chi connectivity index (χ4n) is 1.67. The molecule has 18 heavy (non-hydrogen) atoms. The minimum atomic E-state index is -0.677. The fourth-order valence-corrected chi connectivity index (χ4v) is 1.81. The number of nitrogens with two attached hydrogens (primary N) is 1. The van der Waals surface area contributed by atoms with Crippen LogP contribution in [-0.4, -0.2) is 15.9 Å². The minimum Gasteiger partial charge on any atom is -0.506 e. The van der Waals surface area contributed by atoms with E-state index < -0.39 is 5.63 Å². The molecule has 0 aliphatic heterocycles. The molecule has 2 rings (SSSR count). The summed E-state index contributed by atoms with van der Waals surface area (Å²) in [6.45, 7) is 1.53. The van der Waals surface area contributed by atoms with Gasteiger partial charge in [-0.05, 0) is 31.3 Å². The van der Waals surface area contributed by atoms with Gasteiger partial charge in [0.2, 0.25) is 0 Å². The highest BCUT2D eigenvalue weighted by Gasteiger charge is 2.16. The van der Waals surface area contributed by atoms with E-state index in [4.69, 9.17) is 10.2 Å². The van der Waals surface area contributed by atoms with Gasteiger partial charge >= 0.3 is 5.63 Å². The molecule has 5 nitrogen and oxygen atoms in total. The molecule has 92 valence electrons. The summed E-state index contributed by atoms with van der Waals surface area (Å²) < 4.78 is 5.10. The summed E-state index contributed by atoms with van der Waals surface area (Å²) >= 11 is 4.63. The van der Waals surface area contributed by atoms with Gasteiger partial charge in [0, 0.05) is 0 Å². The Bertz CT molecular complexity index is 719. The van der Waals surface area contributed by atoms with E-state index in [2.05, 4.69) is 17.2 Å². The Morgan fingerprint density at radius 1 is 1.44 bits per heavy atom. The van der Waals surface area contributed by atoms with E-state index in [-0.39, 0.29) is 22.1 Å². The lowest BCUT2D eigenvalue weighted by molar-refractivity contribution is 0.466. The molecule has 1 heterocycles. The summed E-state index contributed by atoms with van der Waals surface area (Å²) in [5.74, 6) is -0.181. The van der Waals surface area contributed by atoms with Crippen molar-refractivity contribution in [2.24, 2.45) is 10.7 Å². The van der Waals surface area contributed by atoms with Gasteiger partial charge in [-0.1, -0.05) is 12.1 Å². The SMILES string of the molecule is C/C(=N\C(N)=S)c1c(O)c2ccccc2oc1=O. The zero-order valence-electron chi connectivity index (χ0n) is 9.51. The van der Waals surface area contributed by atoms with Gasteiger partial charge < -0.3 is 15.3 Å². The van der Waals surface area contributed by atoms with Gasteiger partial charge in [-0.3, -0.25) is 0 Å². The molecular formula is C12H10N2O3S. The monoisotopic (exact) mass is 262 g/mol. The van der Waals surface area contributed by atoms with Crippen molar-refractivity contribution in [1.82, 2.24) is 0 Å². The summed E-state index contributed by atoms with van der Waals surface area (Å²) in [4.78, 5) is 15.6. The van der Waals surface area contributed by atoms with E-state index in [0.717, 1.165) is 0 Å². The number of rotatable bonds is 1. The predicted octanol–water partition coefficient (Wildman–Crippen LogP) is 1.55. The third kappa shape index (κ3) is 2.10. The fraction of sp³-hybridized carbons (Fsp3) is 0.0833. The quantitative estimate of drug-likeness (QED) is 0.462. The summed E-state index contributed by atoms with van der Waals surface area (Å²) in [6, 6.07) is 6.68. The zero-order valence-corrected chi connectivity index (χ0v) is 10.3. The molecule has 0 aliphatic carbocycles. The van der Waals surface area contributed by atoms with Crippen LogP contribution >= 0.6 is 12.2 Å². The van der Waals surface area contributed by atoms with Crippen LogP contribution in [-0.2, 0) is 0 Å². The first-order valence-electron chi connectivity index (χ1n) is 5.10. The number of aliphatic imine (C=N–C) groups is 1. The molecule has 1 aromatic heterocycles. The molecule has 0 atom stereocenters. The molecule has 2 aromatic rings. The van der Waals surface area contributed by atoms with Gasteiger partial charge in [0.1, 0.15) is 16.9 Å². The molecule has 0 bridgehead atoms. The number of hydrogen-bond donors (Lipinski definition) is 2. The number of fused-ring (bicyclic) bond motifs is 1. The van der Waals surface area contributed by atoms with Crippen molar-refractivity contribution < 1.29 is 9.52 Å². The largest absolute Gasteiger partial charge is 0.506 e. The predicted molar refractivity (Wildman–Crippen MR) is 73.1 cm³/mol. The molecule has 0 saturated carbocycles. The molecule has 0 unspecified atom stereocenters. The van der Waals surface area contributed by atoms with Crippen molar-refractivity contribution >= 4 is 34.0 Å². The maximum absolute atomic E-state index is 11.8. The Hall–Kier alpha value is -2.21. The highest BCUT2D eigenvalue weighted by atomic mass is 32.1. The van der Waals surface area contributed by atoms with E-state index in [1.165, 1.54) is 6.92 Å². The number of nitrogens with zero attached hydrogens (tertiary/aromatic N) is 1. The van der Waals surface area contributed by atoms with Crippen molar-refractivity contribution in [3.8, 4) is 5.75 Å². The number of thiocarbonyl (C=S) groups is 1. The molecule has 0 radical (unpaired) electrons. The van der Waals surface area contributed by atoms with E-state index in [9.17, 15) is 9.90 Å². The number of aromatic hydroxyl groups is 1. The van der Waals surface area contributed by atoms with Crippen LogP contribution in [0.1, 0.15) is 12.5 Å². The Morgan fingerprint density at radius 3 is 2.78 bits per heavy atom. The Labute approximate surface area is 108 Å². The smallest absolute Gasteiger partial charge is 0.349 e. The van der Waals surface area contributed by atoms with Gasteiger partial charge in [0.15, 0.2) is 5.11 Å². The normalized spacial score (nSPS) is 11.7. The van der Waals surface area contributed by atoms with Crippen LogP contribution in [0.15, 0.2) is 38.5 Å². The maximum Gasteiger partial charge on any atom is 0.349 e. The standard InChI is InChI=1S/C12H10N2O3S/c1-6(14-12(13)18)9-10(15)7-4-2-3-5-8(7)17-11(9)16/h2-5,15H,1H3,(H2,13,18)/b14-6+. The van der Waals surface area contributed by atoms with Crippen LogP contribution < -0.4 is 11.4 Å². The average Bonchev–Trinajstić information content (AvgIpc) is 2.27. The Kier molecular flexibility index (Phi) is 3.12. The molecule has 3 N–H and O–H groups in total. The van der Waals surface area contributed by atoms with Gasteiger partial charge in [0.05, 0.1) is 11.1 Å². The molecule has 0 aliphatic rings. The summed E-state index contributed by atoms with van der Waals surface area (Å²) in [7, 11) is 0. The molecule has 1 aromatic carbocycles. The van der Waals surface area contributed by atoms with Crippen LogP contribution in [0, 0.1) is 0 Å². The first kappa shape index (κ1) is 12.3. The summed E-state index contributed by atoms with van der Waals surface area (Å²) in [6.07, 6.45) is 0. The highest BCUT2D eigenvalue weighted by Crippen LogP contribution is 2.26. The second kappa shape index (κ2) is 4.58. The van der Waals surface area contributed by atoms with Gasteiger partial charge in [-0.25, -0.2) is 9.79 Å². The van der Waals surface area contributed by atoms with Gasteiger partial charge in [-0.2, -0.15) is 0 Å². The Morgan fingerprint density at radius 2 is 2.11 bits per heavy atom. The molecule has 0 fully saturated rings. The second-order valence-corrected chi connectivity index (χ2v) is 4.06. The first-order chi connectivity index (χ1) is 8.50. The lowest BCUT2D eigenvalue weighted by atomic mass is 10.1. The van der Waals surface area contributed by atoms with E-state index in [1.54, 1.807) is 24.3 Å². The number of benzene rings is 1. The molecule has 0 amide bonds. The Balaban J connectivity index is 2.80. The van der Waals surface area contributed by atoms with Crippen LogP contribution in [0.3, 0.4) is 0 Å². The summed E-state index contributed by atoms with van der Waals surface area (Å²) in [5, 5.41) is 10.4. The number of para-hydroxylation sites is 1. The van der Waals surface area contributed by atoms with E-state index >= 15 is 0 Å². The van der Waals surface area contributed by atoms with Crippen molar-refractivity contribution in [2.75, 3.05) is 0 Å². The first-order valence-corrected chi connectivity index (χ1v) is 5.51. The third-order valence-electron chi connectivity index (χ3n) is 2.43. The molecule has 0 spiro atoms. The number of hydrogen-bond acceptors (Lipinski definition) is 4. The topological polar surface area (TPSA) is 88.8 Å². The average molecular weight is 262 g/mol. The third-order valence-corrected chi connectivity index (χ3v) is 2.52. The molecule has 6 heteroatoms. The van der Waals surface area contributed by atoms with Gasteiger partial charge in [0.25, 0.3) is 0 Å². The maximum atomic E-state index is 11.8. The van der Waals surface area contributed by atoms with Crippen LogP contribution in [0.25, 0.3) is 11.0 Å². The van der Waals surface area contributed by atoms with E-state index in [0.29, 0.717) is 11.0 Å². The van der Waals surface area contributed by atoms with Crippen LogP contribution in [0.5, 0.6) is 5.75 Å². The minimum absolute atomic E-state index is 0.0264. The van der Waals surface area contributed by atoms with Crippen LogP contribution in [0.4, 0.5) is 0 Å². The lowest BCUT2D eigenvalue weighted by Gasteiger charge is -2.05. The van der Waals surface area contributed by atoms with Crippen molar-refractivity contribution in [3.63, 3.8) is 0 Å².